The number of hydrogen-bond acceptors (Lipinski definition) is 7. The Morgan fingerprint density at radius 2 is 2.00 bits per heavy atom. The van der Waals surface area contributed by atoms with Crippen LogP contribution in [-0.4, -0.2) is 24.2 Å². The summed E-state index contributed by atoms with van der Waals surface area (Å²) < 4.78 is 8.09. The van der Waals surface area contributed by atoms with Gasteiger partial charge in [-0.1, -0.05) is 6.92 Å². The Balaban J connectivity index is 3.47. The lowest BCUT2D eigenvalue weighted by molar-refractivity contribution is -0.460. The lowest BCUT2D eigenvalue weighted by Crippen LogP contribution is -2.15. The van der Waals surface area contributed by atoms with Gasteiger partial charge in [-0.2, -0.15) is 4.79 Å². The Morgan fingerprint density at radius 1 is 1.33 bits per heavy atom. The second kappa shape index (κ2) is 6.38. The van der Waals surface area contributed by atoms with E-state index in [1.54, 1.807) is 6.92 Å². The normalized spacial score (nSPS) is 8.83. The van der Waals surface area contributed by atoms with E-state index >= 15 is 0 Å². The van der Waals surface area contributed by atoms with E-state index in [2.05, 4.69) is 19.4 Å². The molecule has 0 fully saturated rings. The van der Waals surface area contributed by atoms with Crippen molar-refractivity contribution in [2.75, 3.05) is 6.61 Å². The highest BCUT2D eigenvalue weighted by Gasteiger charge is 2.13. The standard InChI is InChI=1S/C5H8O7/c1-2-3-9-4(6)10-5(7)11-12-8/h8H,2-3H2,1H3. The number of carbonyl (C=O) groups is 2. The van der Waals surface area contributed by atoms with E-state index in [0.717, 1.165) is 0 Å². The molecule has 0 bridgehead atoms. The van der Waals surface area contributed by atoms with Crippen LogP contribution in [0.25, 0.3) is 0 Å². The van der Waals surface area contributed by atoms with Crippen LogP contribution in [0.4, 0.5) is 9.59 Å². The number of ether oxygens (including phenoxy) is 2. The molecule has 0 aliphatic rings. The monoisotopic (exact) mass is 180 g/mol. The highest BCUT2D eigenvalue weighted by Crippen LogP contribution is 1.91. The molecule has 0 aromatic rings. The molecule has 12 heavy (non-hydrogen) atoms. The third-order valence-electron chi connectivity index (χ3n) is 0.696. The third-order valence-corrected chi connectivity index (χ3v) is 0.696. The van der Waals surface area contributed by atoms with Crippen LogP contribution in [0.1, 0.15) is 13.3 Å². The molecule has 0 spiro atoms. The topological polar surface area (TPSA) is 91.3 Å². The Labute approximate surface area is 67.6 Å². The van der Waals surface area contributed by atoms with Crippen LogP contribution in [0.3, 0.4) is 0 Å². The molecule has 7 nitrogen and oxygen atoms in total. The Morgan fingerprint density at radius 3 is 2.50 bits per heavy atom. The fourth-order valence-electron chi connectivity index (χ4n) is 0.330. The number of carbonyl (C=O) groups excluding carboxylic acids is 2. The molecule has 0 radical (unpaired) electrons. The molecule has 0 rings (SSSR count). The first-order chi connectivity index (χ1) is 5.70. The number of rotatable bonds is 3. The quantitative estimate of drug-likeness (QED) is 0.300. The van der Waals surface area contributed by atoms with Crippen LogP contribution in [0.15, 0.2) is 0 Å². The molecule has 7 heteroatoms. The molecule has 70 valence electrons. The average molecular weight is 180 g/mol. The number of hydrogen-bond donors (Lipinski definition) is 1. The van der Waals surface area contributed by atoms with Gasteiger partial charge in [-0.05, 0) is 11.5 Å². The minimum absolute atomic E-state index is 0.131. The van der Waals surface area contributed by atoms with E-state index in [-0.39, 0.29) is 6.61 Å². The van der Waals surface area contributed by atoms with Gasteiger partial charge in [0.05, 0.1) is 6.61 Å². The molecule has 0 aromatic carbocycles. The second-order valence-corrected chi connectivity index (χ2v) is 1.61. The summed E-state index contributed by atoms with van der Waals surface area (Å²) in [6.45, 7) is 1.90. The molecule has 0 atom stereocenters. The van der Waals surface area contributed by atoms with Gasteiger partial charge < -0.3 is 9.47 Å². The van der Waals surface area contributed by atoms with Crippen LogP contribution >= 0.6 is 0 Å². The molecule has 0 aliphatic carbocycles. The van der Waals surface area contributed by atoms with Gasteiger partial charge in [0, 0.05) is 0 Å². The van der Waals surface area contributed by atoms with Crippen molar-refractivity contribution < 1.29 is 34.2 Å². The van der Waals surface area contributed by atoms with Crippen LogP contribution in [0.5, 0.6) is 0 Å². The summed E-state index contributed by atoms with van der Waals surface area (Å²) >= 11 is 0. The zero-order chi connectivity index (χ0) is 9.40. The summed E-state index contributed by atoms with van der Waals surface area (Å²) in [4.78, 5) is 24.0. The maximum atomic E-state index is 10.4. The van der Waals surface area contributed by atoms with Gasteiger partial charge in [-0.25, -0.2) is 14.9 Å². The molecule has 0 aliphatic heterocycles. The highest BCUT2D eigenvalue weighted by atomic mass is 17.5. The molecule has 0 saturated carbocycles. The van der Waals surface area contributed by atoms with E-state index in [1.165, 1.54) is 0 Å². The molecular formula is C5H8O7. The van der Waals surface area contributed by atoms with E-state index in [4.69, 9.17) is 5.26 Å². The molecule has 0 amide bonds. The molecular weight excluding hydrogens is 172 g/mol. The van der Waals surface area contributed by atoms with Gasteiger partial charge in [0.1, 0.15) is 0 Å². The van der Waals surface area contributed by atoms with Crippen molar-refractivity contribution in [2.24, 2.45) is 0 Å². The summed E-state index contributed by atoms with van der Waals surface area (Å²) in [7, 11) is 0. The summed E-state index contributed by atoms with van der Waals surface area (Å²) in [6.07, 6.45) is -2.11. The zero-order valence-electron chi connectivity index (χ0n) is 6.31. The van der Waals surface area contributed by atoms with Gasteiger partial charge in [-0.3, -0.25) is 0 Å². The van der Waals surface area contributed by atoms with Crippen molar-refractivity contribution in [1.29, 1.82) is 0 Å². The van der Waals surface area contributed by atoms with E-state index < -0.39 is 12.3 Å². The lowest BCUT2D eigenvalue weighted by Gasteiger charge is -2.00. The maximum absolute atomic E-state index is 10.4. The summed E-state index contributed by atoms with van der Waals surface area (Å²) in [5, 5.41) is 10.5. The molecule has 0 unspecified atom stereocenters. The first-order valence-corrected chi connectivity index (χ1v) is 3.07. The lowest BCUT2D eigenvalue weighted by atomic mass is 10.5. The molecule has 0 heterocycles. The van der Waals surface area contributed by atoms with Crippen molar-refractivity contribution in [2.45, 2.75) is 13.3 Å². The SMILES string of the molecule is CCCOC(=O)OC(=O)OOO. The fourth-order valence-corrected chi connectivity index (χ4v) is 0.330. The van der Waals surface area contributed by atoms with Crippen molar-refractivity contribution >= 4 is 12.3 Å². The van der Waals surface area contributed by atoms with Gasteiger partial charge >= 0.3 is 12.3 Å². The van der Waals surface area contributed by atoms with E-state index in [1.807, 2.05) is 0 Å². The zero-order valence-corrected chi connectivity index (χ0v) is 6.31. The van der Waals surface area contributed by atoms with E-state index in [9.17, 15) is 9.59 Å². The Hall–Kier alpha value is -1.34. The van der Waals surface area contributed by atoms with Gasteiger partial charge in [0.15, 0.2) is 0 Å². The fraction of sp³-hybridized carbons (Fsp3) is 0.600. The van der Waals surface area contributed by atoms with Crippen LogP contribution in [0, 0.1) is 0 Å². The minimum atomic E-state index is -1.50. The smallest absolute Gasteiger partial charge is 0.434 e. The van der Waals surface area contributed by atoms with Crippen molar-refractivity contribution in [3.8, 4) is 0 Å². The predicted octanol–water partition coefficient (Wildman–Crippen LogP) is 1.09. The second-order valence-electron chi connectivity index (χ2n) is 1.61. The largest absolute Gasteiger partial charge is 0.553 e. The van der Waals surface area contributed by atoms with Crippen molar-refractivity contribution in [3.63, 3.8) is 0 Å². The van der Waals surface area contributed by atoms with Crippen LogP contribution in [-0.2, 0) is 19.4 Å². The van der Waals surface area contributed by atoms with Crippen LogP contribution < -0.4 is 0 Å². The Bertz CT molecular complexity index is 154. The first kappa shape index (κ1) is 10.7. The average Bonchev–Trinajstić information content (AvgIpc) is 2.01. The van der Waals surface area contributed by atoms with Gasteiger partial charge in [0.2, 0.25) is 0 Å². The van der Waals surface area contributed by atoms with Gasteiger partial charge in [0.25, 0.3) is 0 Å². The maximum Gasteiger partial charge on any atom is 0.553 e. The predicted molar refractivity (Wildman–Crippen MR) is 32.9 cm³/mol. The molecule has 1 N–H and O–H groups in total. The van der Waals surface area contributed by atoms with E-state index in [0.29, 0.717) is 6.42 Å². The van der Waals surface area contributed by atoms with Crippen LogP contribution in [0.2, 0.25) is 0 Å². The van der Waals surface area contributed by atoms with Crippen molar-refractivity contribution in [3.05, 3.63) is 0 Å². The first-order valence-electron chi connectivity index (χ1n) is 3.07. The van der Waals surface area contributed by atoms with Gasteiger partial charge in [-0.15, -0.1) is 0 Å². The van der Waals surface area contributed by atoms with Crippen molar-refractivity contribution in [1.82, 2.24) is 0 Å². The molecule has 0 saturated heterocycles. The highest BCUT2D eigenvalue weighted by molar-refractivity contribution is 5.76. The Kier molecular flexibility index (Phi) is 5.66. The minimum Gasteiger partial charge on any atom is -0.434 e. The molecule has 0 aromatic heterocycles. The third kappa shape index (κ3) is 5.45. The summed E-state index contributed by atoms with van der Waals surface area (Å²) in [5.74, 6) is 0. The summed E-state index contributed by atoms with van der Waals surface area (Å²) in [5.41, 5.74) is 0. The summed E-state index contributed by atoms with van der Waals surface area (Å²) in [6, 6.07) is 0.